The fourth-order valence-corrected chi connectivity index (χ4v) is 2.35. The summed E-state index contributed by atoms with van der Waals surface area (Å²) in [5.74, 6) is 0.150. The van der Waals surface area contributed by atoms with Gasteiger partial charge in [-0.2, -0.15) is 0 Å². The van der Waals surface area contributed by atoms with Crippen molar-refractivity contribution in [2.45, 2.75) is 32.2 Å². The van der Waals surface area contributed by atoms with Crippen molar-refractivity contribution in [2.75, 3.05) is 7.05 Å². The van der Waals surface area contributed by atoms with Gasteiger partial charge < -0.3 is 4.90 Å². The lowest BCUT2D eigenvalue weighted by Crippen LogP contribution is -2.31. The first-order valence-electron chi connectivity index (χ1n) is 5.51. The summed E-state index contributed by atoms with van der Waals surface area (Å²) in [6, 6.07) is 8.75. The van der Waals surface area contributed by atoms with E-state index in [1.165, 1.54) is 17.5 Å². The van der Waals surface area contributed by atoms with E-state index < -0.39 is 0 Å². The second-order valence-electron chi connectivity index (χ2n) is 4.24. The van der Waals surface area contributed by atoms with Gasteiger partial charge in [0.05, 0.1) is 6.04 Å². The molecule has 2 nitrogen and oxygen atoms in total. The molecule has 0 aliphatic heterocycles. The predicted molar refractivity (Wildman–Crippen MR) is 60.6 cm³/mol. The van der Waals surface area contributed by atoms with Crippen LogP contribution in [0.25, 0.3) is 0 Å². The topological polar surface area (TPSA) is 20.3 Å². The van der Waals surface area contributed by atoms with Crippen molar-refractivity contribution in [3.8, 4) is 0 Å². The van der Waals surface area contributed by atoms with Crippen LogP contribution in [-0.2, 0) is 11.2 Å². The van der Waals surface area contributed by atoms with Crippen molar-refractivity contribution in [1.29, 1.82) is 0 Å². The molecule has 1 amide bonds. The van der Waals surface area contributed by atoms with Crippen LogP contribution in [0.4, 0.5) is 0 Å². The number of carbonyl (C=O) groups excluding carboxylic acids is 1. The van der Waals surface area contributed by atoms with E-state index in [1.54, 1.807) is 6.92 Å². The van der Waals surface area contributed by atoms with E-state index in [1.807, 2.05) is 11.9 Å². The molecule has 2 rings (SSSR count). The van der Waals surface area contributed by atoms with Gasteiger partial charge in [-0.1, -0.05) is 24.3 Å². The molecule has 0 saturated carbocycles. The fraction of sp³-hybridized carbons (Fsp3) is 0.462. The van der Waals surface area contributed by atoms with Gasteiger partial charge in [0.15, 0.2) is 0 Å². The Hall–Kier alpha value is -1.31. The van der Waals surface area contributed by atoms with Crippen LogP contribution in [0.15, 0.2) is 24.3 Å². The minimum absolute atomic E-state index is 0.150. The Balaban J connectivity index is 2.33. The lowest BCUT2D eigenvalue weighted by molar-refractivity contribution is -0.130. The van der Waals surface area contributed by atoms with Gasteiger partial charge in [-0.15, -0.1) is 0 Å². The van der Waals surface area contributed by atoms with Crippen LogP contribution in [0.2, 0.25) is 0 Å². The van der Waals surface area contributed by atoms with Crippen molar-refractivity contribution in [3.63, 3.8) is 0 Å². The fourth-order valence-electron chi connectivity index (χ4n) is 2.35. The third-order valence-corrected chi connectivity index (χ3v) is 3.30. The van der Waals surface area contributed by atoms with Crippen molar-refractivity contribution < 1.29 is 4.79 Å². The second kappa shape index (κ2) is 4.05. The maximum atomic E-state index is 11.4. The number of amides is 1. The second-order valence-corrected chi connectivity index (χ2v) is 4.24. The van der Waals surface area contributed by atoms with Crippen LogP contribution >= 0.6 is 0 Å². The molecule has 1 atom stereocenters. The molecular formula is C13H17NO. The number of nitrogens with zero attached hydrogens (tertiary/aromatic N) is 1. The van der Waals surface area contributed by atoms with Gasteiger partial charge >= 0.3 is 0 Å². The van der Waals surface area contributed by atoms with E-state index >= 15 is 0 Å². The summed E-state index contributed by atoms with van der Waals surface area (Å²) < 4.78 is 0. The van der Waals surface area contributed by atoms with Gasteiger partial charge in [0.25, 0.3) is 0 Å². The molecule has 1 aliphatic carbocycles. The molecule has 2 heteroatoms. The molecule has 0 saturated heterocycles. The number of hydrogen-bond acceptors (Lipinski definition) is 1. The molecule has 0 fully saturated rings. The quantitative estimate of drug-likeness (QED) is 0.687. The Morgan fingerprint density at radius 2 is 2.13 bits per heavy atom. The van der Waals surface area contributed by atoms with Crippen LogP contribution in [-0.4, -0.2) is 17.9 Å². The van der Waals surface area contributed by atoms with Gasteiger partial charge in [-0.05, 0) is 30.4 Å². The first kappa shape index (κ1) is 10.2. The lowest BCUT2D eigenvalue weighted by Gasteiger charge is -2.32. The number of benzene rings is 1. The molecule has 80 valence electrons. The van der Waals surface area contributed by atoms with Crippen LogP contribution in [0.1, 0.15) is 36.9 Å². The molecule has 0 spiro atoms. The minimum atomic E-state index is 0.150. The summed E-state index contributed by atoms with van der Waals surface area (Å²) in [4.78, 5) is 13.2. The maximum Gasteiger partial charge on any atom is 0.219 e. The summed E-state index contributed by atoms with van der Waals surface area (Å²) in [6.45, 7) is 1.64. The van der Waals surface area contributed by atoms with Gasteiger partial charge in [-0.3, -0.25) is 4.79 Å². The highest BCUT2D eigenvalue weighted by atomic mass is 16.2. The van der Waals surface area contributed by atoms with Crippen LogP contribution in [0.5, 0.6) is 0 Å². The Labute approximate surface area is 90.9 Å². The van der Waals surface area contributed by atoms with Gasteiger partial charge in [0.1, 0.15) is 0 Å². The standard InChI is InChI=1S/C13H17NO/c1-10(15)14(2)13-9-5-7-11-6-3-4-8-12(11)13/h3-4,6,8,13H,5,7,9H2,1-2H3. The first-order chi connectivity index (χ1) is 7.20. The Bertz CT molecular complexity index is 373. The van der Waals surface area contributed by atoms with Crippen LogP contribution in [0.3, 0.4) is 0 Å². The van der Waals surface area contributed by atoms with E-state index in [-0.39, 0.29) is 11.9 Å². The molecule has 1 aliphatic rings. The average Bonchev–Trinajstić information content (AvgIpc) is 2.27. The van der Waals surface area contributed by atoms with Crippen molar-refractivity contribution >= 4 is 5.91 Å². The Morgan fingerprint density at radius 3 is 2.87 bits per heavy atom. The highest BCUT2D eigenvalue weighted by Crippen LogP contribution is 2.33. The zero-order chi connectivity index (χ0) is 10.8. The molecular weight excluding hydrogens is 186 g/mol. The molecule has 0 aromatic heterocycles. The summed E-state index contributed by atoms with van der Waals surface area (Å²) in [5, 5.41) is 0. The molecule has 0 heterocycles. The van der Waals surface area contributed by atoms with E-state index in [2.05, 4.69) is 24.3 Å². The highest BCUT2D eigenvalue weighted by molar-refractivity contribution is 5.73. The third kappa shape index (κ3) is 1.89. The zero-order valence-electron chi connectivity index (χ0n) is 9.36. The van der Waals surface area contributed by atoms with Crippen molar-refractivity contribution in [2.24, 2.45) is 0 Å². The van der Waals surface area contributed by atoms with Gasteiger partial charge in [0, 0.05) is 14.0 Å². The molecule has 15 heavy (non-hydrogen) atoms. The number of fused-ring (bicyclic) bond motifs is 1. The van der Waals surface area contributed by atoms with Gasteiger partial charge in [0.2, 0.25) is 5.91 Å². The smallest absolute Gasteiger partial charge is 0.219 e. The largest absolute Gasteiger partial charge is 0.339 e. The van der Waals surface area contributed by atoms with E-state index in [9.17, 15) is 4.79 Å². The number of rotatable bonds is 1. The highest BCUT2D eigenvalue weighted by Gasteiger charge is 2.24. The first-order valence-corrected chi connectivity index (χ1v) is 5.51. The molecule has 1 aromatic carbocycles. The summed E-state index contributed by atoms with van der Waals surface area (Å²) in [5.41, 5.74) is 2.74. The molecule has 1 aromatic rings. The molecule has 0 N–H and O–H groups in total. The van der Waals surface area contributed by atoms with E-state index in [0.717, 1.165) is 12.8 Å². The Kier molecular flexibility index (Phi) is 2.76. The van der Waals surface area contributed by atoms with Crippen molar-refractivity contribution in [1.82, 2.24) is 4.90 Å². The summed E-state index contributed by atoms with van der Waals surface area (Å²) in [7, 11) is 1.90. The number of hydrogen-bond donors (Lipinski definition) is 0. The molecule has 0 bridgehead atoms. The van der Waals surface area contributed by atoms with E-state index in [4.69, 9.17) is 0 Å². The lowest BCUT2D eigenvalue weighted by atomic mass is 9.87. The summed E-state index contributed by atoms with van der Waals surface area (Å²) in [6.07, 6.45) is 3.42. The zero-order valence-corrected chi connectivity index (χ0v) is 9.36. The molecule has 0 radical (unpaired) electrons. The third-order valence-electron chi connectivity index (χ3n) is 3.30. The Morgan fingerprint density at radius 1 is 1.40 bits per heavy atom. The average molecular weight is 203 g/mol. The SMILES string of the molecule is CC(=O)N(C)C1CCCc2ccccc21. The van der Waals surface area contributed by atoms with Gasteiger partial charge in [-0.25, -0.2) is 0 Å². The monoisotopic (exact) mass is 203 g/mol. The number of aryl methyl sites for hydroxylation is 1. The normalized spacial score (nSPS) is 19.5. The minimum Gasteiger partial charge on any atom is -0.339 e. The maximum absolute atomic E-state index is 11.4. The summed E-state index contributed by atoms with van der Waals surface area (Å²) >= 11 is 0. The van der Waals surface area contributed by atoms with Crippen LogP contribution < -0.4 is 0 Å². The number of carbonyl (C=O) groups is 1. The van der Waals surface area contributed by atoms with Crippen molar-refractivity contribution in [3.05, 3.63) is 35.4 Å². The van der Waals surface area contributed by atoms with Crippen LogP contribution in [0, 0.1) is 0 Å². The predicted octanol–water partition coefficient (Wildman–Crippen LogP) is 2.54. The molecule has 1 unspecified atom stereocenters. The van der Waals surface area contributed by atoms with E-state index in [0.29, 0.717) is 0 Å².